The quantitative estimate of drug-likeness (QED) is 0.545. The van der Waals surface area contributed by atoms with E-state index >= 15 is 0 Å². The predicted molar refractivity (Wildman–Crippen MR) is 95.5 cm³/mol. The summed E-state index contributed by atoms with van der Waals surface area (Å²) in [6.07, 6.45) is 1.79. The second-order valence-electron chi connectivity index (χ2n) is 5.22. The molecular weight excluding hydrogens is 284 g/mol. The molecule has 3 aromatic carbocycles. The van der Waals surface area contributed by atoms with E-state index in [4.69, 9.17) is 0 Å². The van der Waals surface area contributed by atoms with Gasteiger partial charge in [-0.1, -0.05) is 60.7 Å². The molecule has 0 saturated heterocycles. The Bertz CT molecular complexity index is 780. The van der Waals surface area contributed by atoms with Crippen LogP contribution in [-0.4, -0.2) is 11.3 Å². The molecule has 114 valence electrons. The van der Waals surface area contributed by atoms with E-state index in [0.29, 0.717) is 0 Å². The second kappa shape index (κ2) is 7.38. The summed E-state index contributed by atoms with van der Waals surface area (Å²) in [6, 6.07) is 25.9. The highest BCUT2D eigenvalue weighted by Gasteiger charge is 1.99. The Morgan fingerprint density at radius 3 is 2.35 bits per heavy atom. The van der Waals surface area contributed by atoms with Gasteiger partial charge in [0.05, 0.1) is 18.5 Å². The lowest BCUT2D eigenvalue weighted by Crippen LogP contribution is -1.90. The first-order chi connectivity index (χ1) is 11.3. The summed E-state index contributed by atoms with van der Waals surface area (Å²) in [4.78, 5) is 0. The van der Waals surface area contributed by atoms with Gasteiger partial charge in [-0.05, 0) is 40.5 Å². The molecule has 0 aliphatic carbocycles. The van der Waals surface area contributed by atoms with Crippen molar-refractivity contribution < 1.29 is 5.11 Å². The molecule has 0 bridgehead atoms. The van der Waals surface area contributed by atoms with Crippen LogP contribution >= 0.6 is 0 Å². The Morgan fingerprint density at radius 1 is 0.826 bits per heavy atom. The largest absolute Gasteiger partial charge is 0.392 e. The smallest absolute Gasteiger partial charge is 0.0682 e. The molecule has 3 aromatic rings. The van der Waals surface area contributed by atoms with Crippen molar-refractivity contribution in [2.45, 2.75) is 6.61 Å². The van der Waals surface area contributed by atoms with Crippen molar-refractivity contribution >= 4 is 11.9 Å². The van der Waals surface area contributed by atoms with Crippen LogP contribution in [0.4, 0.5) is 5.69 Å². The minimum Gasteiger partial charge on any atom is -0.392 e. The summed E-state index contributed by atoms with van der Waals surface area (Å²) in [5.41, 5.74) is 8.11. The number of nitrogens with zero attached hydrogens (tertiary/aromatic N) is 1. The lowest BCUT2D eigenvalue weighted by atomic mass is 10.0. The zero-order valence-corrected chi connectivity index (χ0v) is 12.7. The molecule has 0 fully saturated rings. The summed E-state index contributed by atoms with van der Waals surface area (Å²) in [5.74, 6) is 0. The number of anilines is 1. The molecule has 0 spiro atoms. The summed E-state index contributed by atoms with van der Waals surface area (Å²) >= 11 is 0. The molecule has 0 atom stereocenters. The first-order valence-electron chi connectivity index (χ1n) is 7.49. The number of aliphatic hydroxyl groups excluding tert-OH is 1. The third kappa shape index (κ3) is 4.05. The number of hydrazone groups is 1. The molecule has 3 rings (SSSR count). The molecule has 3 heteroatoms. The maximum atomic E-state index is 9.22. The third-order valence-electron chi connectivity index (χ3n) is 3.53. The van der Waals surface area contributed by atoms with Crippen molar-refractivity contribution in [3.05, 3.63) is 90.0 Å². The van der Waals surface area contributed by atoms with E-state index in [9.17, 15) is 5.11 Å². The molecule has 2 N–H and O–H groups in total. The Hall–Kier alpha value is -2.91. The van der Waals surface area contributed by atoms with Gasteiger partial charge in [0.1, 0.15) is 0 Å². The van der Waals surface area contributed by atoms with Crippen LogP contribution in [0.2, 0.25) is 0 Å². The first kappa shape index (κ1) is 15.0. The van der Waals surface area contributed by atoms with Gasteiger partial charge in [0.25, 0.3) is 0 Å². The molecule has 0 aliphatic rings. The first-order valence-corrected chi connectivity index (χ1v) is 7.49. The Morgan fingerprint density at radius 2 is 1.61 bits per heavy atom. The van der Waals surface area contributed by atoms with E-state index in [0.717, 1.165) is 27.9 Å². The van der Waals surface area contributed by atoms with E-state index < -0.39 is 0 Å². The summed E-state index contributed by atoms with van der Waals surface area (Å²) in [5, 5.41) is 13.5. The minimum absolute atomic E-state index is 0.0593. The van der Waals surface area contributed by atoms with Gasteiger partial charge in [0, 0.05) is 0 Å². The van der Waals surface area contributed by atoms with Gasteiger partial charge in [-0.15, -0.1) is 0 Å². The molecule has 0 aromatic heterocycles. The average molecular weight is 302 g/mol. The predicted octanol–water partition coefficient (Wildman–Crippen LogP) is 4.29. The number of benzene rings is 3. The summed E-state index contributed by atoms with van der Waals surface area (Å²) in [6.45, 7) is 0.0593. The van der Waals surface area contributed by atoms with Crippen LogP contribution < -0.4 is 5.43 Å². The van der Waals surface area contributed by atoms with Gasteiger partial charge in [-0.25, -0.2) is 0 Å². The molecule has 0 unspecified atom stereocenters. The number of rotatable bonds is 5. The van der Waals surface area contributed by atoms with E-state index in [1.807, 2.05) is 66.7 Å². The summed E-state index contributed by atoms with van der Waals surface area (Å²) < 4.78 is 0. The highest BCUT2D eigenvalue weighted by atomic mass is 16.3. The van der Waals surface area contributed by atoms with E-state index in [2.05, 4.69) is 22.7 Å². The van der Waals surface area contributed by atoms with Crippen LogP contribution in [0.25, 0.3) is 11.1 Å². The molecular formula is C20H18N2O. The van der Waals surface area contributed by atoms with E-state index in [1.165, 1.54) is 0 Å². The Labute approximate surface area is 135 Å². The second-order valence-corrected chi connectivity index (χ2v) is 5.22. The molecule has 0 heterocycles. The van der Waals surface area contributed by atoms with Gasteiger partial charge in [-0.2, -0.15) is 5.10 Å². The zero-order chi connectivity index (χ0) is 15.9. The van der Waals surface area contributed by atoms with Crippen LogP contribution in [0.5, 0.6) is 0 Å². The Balaban J connectivity index is 1.69. The van der Waals surface area contributed by atoms with Crippen molar-refractivity contribution in [2.75, 3.05) is 5.43 Å². The van der Waals surface area contributed by atoms with E-state index in [-0.39, 0.29) is 6.61 Å². The number of aliphatic hydroxyl groups is 1. The highest BCUT2D eigenvalue weighted by molar-refractivity contribution is 5.81. The van der Waals surface area contributed by atoms with Gasteiger partial charge in [0.15, 0.2) is 0 Å². The number of nitrogens with one attached hydrogen (secondary N) is 1. The minimum atomic E-state index is 0.0593. The molecule has 0 saturated carbocycles. The topological polar surface area (TPSA) is 44.6 Å². The fourth-order valence-corrected chi connectivity index (χ4v) is 2.30. The van der Waals surface area contributed by atoms with Crippen molar-refractivity contribution in [3.63, 3.8) is 0 Å². The zero-order valence-electron chi connectivity index (χ0n) is 12.7. The van der Waals surface area contributed by atoms with Crippen LogP contribution in [-0.2, 0) is 6.61 Å². The number of hydrogen-bond acceptors (Lipinski definition) is 3. The SMILES string of the molecule is OCc1cccc(-c2ccc(C=NNc3ccccc3)cc2)c1. The standard InChI is InChI=1S/C20H18N2O/c23-15-17-5-4-6-19(13-17)18-11-9-16(10-12-18)14-21-22-20-7-2-1-3-8-20/h1-14,22-23H,15H2. The number of para-hydroxylation sites is 1. The van der Waals surface area contributed by atoms with Crippen LogP contribution in [0.3, 0.4) is 0 Å². The maximum Gasteiger partial charge on any atom is 0.0682 e. The van der Waals surface area contributed by atoms with Crippen molar-refractivity contribution in [2.24, 2.45) is 5.10 Å². The molecule has 0 aliphatic heterocycles. The van der Waals surface area contributed by atoms with Gasteiger partial charge < -0.3 is 5.11 Å². The fraction of sp³-hybridized carbons (Fsp3) is 0.0500. The maximum absolute atomic E-state index is 9.22. The van der Waals surface area contributed by atoms with Gasteiger partial charge in [-0.3, -0.25) is 5.43 Å². The number of hydrogen-bond donors (Lipinski definition) is 2. The van der Waals surface area contributed by atoms with Crippen molar-refractivity contribution in [1.29, 1.82) is 0 Å². The normalized spacial score (nSPS) is 10.8. The lowest BCUT2D eigenvalue weighted by molar-refractivity contribution is 0.282. The van der Waals surface area contributed by atoms with E-state index in [1.54, 1.807) is 6.21 Å². The Kier molecular flexibility index (Phi) is 4.82. The van der Waals surface area contributed by atoms with Crippen LogP contribution in [0, 0.1) is 0 Å². The van der Waals surface area contributed by atoms with Crippen molar-refractivity contribution in [3.8, 4) is 11.1 Å². The van der Waals surface area contributed by atoms with Crippen molar-refractivity contribution in [1.82, 2.24) is 0 Å². The monoisotopic (exact) mass is 302 g/mol. The molecule has 23 heavy (non-hydrogen) atoms. The molecule has 0 amide bonds. The summed E-state index contributed by atoms with van der Waals surface area (Å²) in [7, 11) is 0. The van der Waals surface area contributed by atoms with Gasteiger partial charge >= 0.3 is 0 Å². The third-order valence-corrected chi connectivity index (χ3v) is 3.53. The lowest BCUT2D eigenvalue weighted by Gasteiger charge is -2.04. The fourth-order valence-electron chi connectivity index (χ4n) is 2.30. The molecule has 3 nitrogen and oxygen atoms in total. The van der Waals surface area contributed by atoms with Crippen LogP contribution in [0.1, 0.15) is 11.1 Å². The highest BCUT2D eigenvalue weighted by Crippen LogP contribution is 2.20. The molecule has 0 radical (unpaired) electrons. The average Bonchev–Trinajstić information content (AvgIpc) is 2.63. The van der Waals surface area contributed by atoms with Crippen LogP contribution in [0.15, 0.2) is 84.0 Å². The van der Waals surface area contributed by atoms with Gasteiger partial charge in [0.2, 0.25) is 0 Å².